The highest BCUT2D eigenvalue weighted by Crippen LogP contribution is 2.23. The molecule has 9 nitrogen and oxygen atoms in total. The molecule has 0 aromatic rings. The standard InChI is InChI=1S/C34H67NO8/c1-3-5-7-9-11-12-13-14-15-16-18-19-21-23-28(37)27(35-30(38)24-22-20-17-10-8-6-4-2)26-42-34-33(41)32(40)31(39)29(25-36)43-34/h27-29,31-34,36-37,39-41H,3-26H2,1-2H3,(H,35,38)/t27-,28+,29+,31+,32?,33?,34+/m0/s1. The molecular weight excluding hydrogens is 550 g/mol. The van der Waals surface area contributed by atoms with Crippen LogP contribution in [0.2, 0.25) is 0 Å². The minimum Gasteiger partial charge on any atom is -0.394 e. The van der Waals surface area contributed by atoms with Gasteiger partial charge in [0.15, 0.2) is 6.29 Å². The summed E-state index contributed by atoms with van der Waals surface area (Å²) in [5.74, 6) is -0.152. The van der Waals surface area contributed by atoms with Crippen LogP contribution in [0.5, 0.6) is 0 Å². The normalized spacial score (nSPS) is 23.7. The van der Waals surface area contributed by atoms with Crippen molar-refractivity contribution in [1.29, 1.82) is 0 Å². The topological polar surface area (TPSA) is 149 Å². The quantitative estimate of drug-likeness (QED) is 0.0651. The number of amides is 1. The molecule has 0 saturated carbocycles. The molecule has 43 heavy (non-hydrogen) atoms. The molecular formula is C34H67NO8. The van der Waals surface area contributed by atoms with Crippen LogP contribution >= 0.6 is 0 Å². The van der Waals surface area contributed by atoms with E-state index in [1.54, 1.807) is 0 Å². The van der Waals surface area contributed by atoms with Gasteiger partial charge in [-0.1, -0.05) is 136 Å². The first kappa shape index (κ1) is 40.2. The molecule has 1 aliphatic rings. The largest absolute Gasteiger partial charge is 0.394 e. The Labute approximate surface area is 262 Å². The van der Waals surface area contributed by atoms with Crippen LogP contribution in [-0.4, -0.2) is 87.5 Å². The minimum absolute atomic E-state index is 0.134. The third kappa shape index (κ3) is 18.7. The van der Waals surface area contributed by atoms with Gasteiger partial charge in [-0.2, -0.15) is 0 Å². The zero-order chi connectivity index (χ0) is 31.7. The molecule has 2 unspecified atom stereocenters. The monoisotopic (exact) mass is 617 g/mol. The van der Waals surface area contributed by atoms with Gasteiger partial charge < -0.3 is 40.3 Å². The number of nitrogens with one attached hydrogen (secondary N) is 1. The highest BCUT2D eigenvalue weighted by molar-refractivity contribution is 5.76. The Morgan fingerprint density at radius 1 is 0.698 bits per heavy atom. The third-order valence-corrected chi connectivity index (χ3v) is 8.71. The van der Waals surface area contributed by atoms with Crippen molar-refractivity contribution in [1.82, 2.24) is 5.32 Å². The molecule has 1 rings (SSSR count). The Morgan fingerprint density at radius 3 is 1.65 bits per heavy atom. The lowest BCUT2D eigenvalue weighted by Crippen LogP contribution is -2.60. The van der Waals surface area contributed by atoms with Gasteiger partial charge in [-0.05, 0) is 12.8 Å². The molecule has 7 atom stereocenters. The van der Waals surface area contributed by atoms with Crippen LogP contribution < -0.4 is 5.32 Å². The van der Waals surface area contributed by atoms with Gasteiger partial charge in [0.2, 0.25) is 5.91 Å². The first-order chi connectivity index (χ1) is 20.8. The van der Waals surface area contributed by atoms with E-state index in [9.17, 15) is 30.3 Å². The van der Waals surface area contributed by atoms with Crippen LogP contribution in [-0.2, 0) is 14.3 Å². The van der Waals surface area contributed by atoms with Crippen LogP contribution in [0, 0.1) is 0 Å². The molecule has 0 radical (unpaired) electrons. The lowest BCUT2D eigenvalue weighted by Gasteiger charge is -2.40. The van der Waals surface area contributed by atoms with Crippen LogP contribution in [0.3, 0.4) is 0 Å². The number of aliphatic hydroxyl groups is 5. The van der Waals surface area contributed by atoms with E-state index in [4.69, 9.17) is 9.47 Å². The number of rotatable bonds is 28. The van der Waals surface area contributed by atoms with Crippen molar-refractivity contribution in [3.8, 4) is 0 Å². The average Bonchev–Trinajstić information content (AvgIpc) is 3.00. The Morgan fingerprint density at radius 2 is 1.16 bits per heavy atom. The van der Waals surface area contributed by atoms with Gasteiger partial charge >= 0.3 is 0 Å². The van der Waals surface area contributed by atoms with Crippen molar-refractivity contribution in [2.75, 3.05) is 13.2 Å². The number of carbonyl (C=O) groups is 1. The van der Waals surface area contributed by atoms with E-state index in [0.717, 1.165) is 38.5 Å². The fraction of sp³-hybridized carbons (Fsp3) is 0.971. The molecule has 1 heterocycles. The van der Waals surface area contributed by atoms with Gasteiger partial charge in [-0.15, -0.1) is 0 Å². The summed E-state index contributed by atoms with van der Waals surface area (Å²) in [7, 11) is 0. The fourth-order valence-electron chi connectivity index (χ4n) is 5.75. The first-order valence-corrected chi connectivity index (χ1v) is 17.7. The summed E-state index contributed by atoms with van der Waals surface area (Å²) in [5, 5.41) is 53.8. The van der Waals surface area contributed by atoms with E-state index < -0.39 is 49.5 Å². The predicted octanol–water partition coefficient (Wildman–Crippen LogP) is 5.27. The molecule has 6 N–H and O–H groups in total. The van der Waals surface area contributed by atoms with Gasteiger partial charge in [0.1, 0.15) is 24.4 Å². The lowest BCUT2D eigenvalue weighted by atomic mass is 9.99. The Kier molecular flexibility index (Phi) is 24.7. The molecule has 0 bridgehead atoms. The number of hydrogen-bond acceptors (Lipinski definition) is 8. The highest BCUT2D eigenvalue weighted by atomic mass is 16.7. The summed E-state index contributed by atoms with van der Waals surface area (Å²) in [6.07, 6.45) is 17.0. The van der Waals surface area contributed by atoms with E-state index in [-0.39, 0.29) is 12.5 Å². The maximum Gasteiger partial charge on any atom is 0.220 e. The Hall–Kier alpha value is -0.810. The average molecular weight is 618 g/mol. The van der Waals surface area contributed by atoms with Crippen LogP contribution in [0.25, 0.3) is 0 Å². The SMILES string of the molecule is CCCCCCCCCCCCCCC[C@@H](O)[C@H](CO[C@@H]1O[C@H](CO)[C@@H](O)C(O)C1O)NC(=O)CCCCCCCCC. The number of hydrogen-bond donors (Lipinski definition) is 6. The van der Waals surface area contributed by atoms with E-state index in [1.807, 2.05) is 0 Å². The summed E-state index contributed by atoms with van der Waals surface area (Å²) in [4.78, 5) is 12.7. The molecule has 1 aliphatic heterocycles. The van der Waals surface area contributed by atoms with E-state index in [2.05, 4.69) is 19.2 Å². The molecule has 9 heteroatoms. The molecule has 256 valence electrons. The summed E-state index contributed by atoms with van der Waals surface area (Å²) in [6, 6.07) is -0.707. The lowest BCUT2D eigenvalue weighted by molar-refractivity contribution is -0.302. The van der Waals surface area contributed by atoms with Crippen molar-refractivity contribution in [2.24, 2.45) is 0 Å². The van der Waals surface area contributed by atoms with Crippen molar-refractivity contribution < 1.29 is 39.8 Å². The Balaban J connectivity index is 2.44. The summed E-state index contributed by atoms with van der Waals surface area (Å²) < 4.78 is 11.1. The maximum absolute atomic E-state index is 12.7. The number of carbonyl (C=O) groups excluding carboxylic acids is 1. The summed E-state index contributed by atoms with van der Waals surface area (Å²) in [6.45, 7) is 3.75. The van der Waals surface area contributed by atoms with Crippen molar-refractivity contribution in [3.05, 3.63) is 0 Å². The summed E-state index contributed by atoms with van der Waals surface area (Å²) >= 11 is 0. The number of unbranched alkanes of at least 4 members (excludes halogenated alkanes) is 18. The molecule has 1 amide bonds. The molecule has 1 saturated heterocycles. The van der Waals surface area contributed by atoms with Crippen molar-refractivity contribution in [2.45, 2.75) is 198 Å². The fourth-order valence-corrected chi connectivity index (χ4v) is 5.75. The van der Waals surface area contributed by atoms with Gasteiger partial charge in [0.25, 0.3) is 0 Å². The first-order valence-electron chi connectivity index (χ1n) is 17.7. The highest BCUT2D eigenvalue weighted by Gasteiger charge is 2.44. The second-order valence-electron chi connectivity index (χ2n) is 12.7. The molecule has 0 spiro atoms. The second kappa shape index (κ2) is 26.4. The van der Waals surface area contributed by atoms with E-state index in [0.29, 0.717) is 12.8 Å². The van der Waals surface area contributed by atoms with E-state index >= 15 is 0 Å². The number of aliphatic hydroxyl groups excluding tert-OH is 5. The van der Waals surface area contributed by atoms with E-state index in [1.165, 1.54) is 89.9 Å². The summed E-state index contributed by atoms with van der Waals surface area (Å²) in [5.41, 5.74) is 0. The van der Waals surface area contributed by atoms with Crippen LogP contribution in [0.4, 0.5) is 0 Å². The van der Waals surface area contributed by atoms with Gasteiger partial charge in [0.05, 0.1) is 25.4 Å². The van der Waals surface area contributed by atoms with Gasteiger partial charge in [-0.3, -0.25) is 4.79 Å². The van der Waals surface area contributed by atoms with Crippen LogP contribution in [0.1, 0.15) is 155 Å². The second-order valence-corrected chi connectivity index (χ2v) is 12.7. The van der Waals surface area contributed by atoms with Crippen molar-refractivity contribution in [3.63, 3.8) is 0 Å². The maximum atomic E-state index is 12.7. The third-order valence-electron chi connectivity index (χ3n) is 8.71. The minimum atomic E-state index is -1.54. The zero-order valence-corrected chi connectivity index (χ0v) is 27.5. The van der Waals surface area contributed by atoms with Crippen molar-refractivity contribution >= 4 is 5.91 Å². The molecule has 0 aliphatic carbocycles. The number of ether oxygens (including phenoxy) is 2. The Bertz CT molecular complexity index is 652. The molecule has 1 fully saturated rings. The molecule has 0 aromatic carbocycles. The predicted molar refractivity (Wildman–Crippen MR) is 171 cm³/mol. The molecule has 0 aromatic heterocycles. The van der Waals surface area contributed by atoms with Crippen LogP contribution in [0.15, 0.2) is 0 Å². The van der Waals surface area contributed by atoms with Gasteiger partial charge in [0, 0.05) is 6.42 Å². The smallest absolute Gasteiger partial charge is 0.220 e. The van der Waals surface area contributed by atoms with Gasteiger partial charge in [-0.25, -0.2) is 0 Å². The zero-order valence-electron chi connectivity index (χ0n) is 27.5.